The summed E-state index contributed by atoms with van der Waals surface area (Å²) in [5, 5.41) is 3.98. The fourth-order valence-corrected chi connectivity index (χ4v) is 2.75. The Labute approximate surface area is 149 Å². The van der Waals surface area contributed by atoms with Crippen LogP contribution in [0.3, 0.4) is 0 Å². The Morgan fingerprint density at radius 3 is 2.71 bits per heavy atom. The maximum absolute atomic E-state index is 12.1. The van der Waals surface area contributed by atoms with Gasteiger partial charge in [0.25, 0.3) is 5.91 Å². The molecule has 1 heterocycles. The lowest BCUT2D eigenvalue weighted by Crippen LogP contribution is -2.17. The third-order valence-corrected chi connectivity index (χ3v) is 3.79. The minimum absolute atomic E-state index is 0.322. The predicted octanol–water partition coefficient (Wildman–Crippen LogP) is 3.83. The zero-order valence-corrected chi connectivity index (χ0v) is 15.6. The SMILES string of the molecule is CCOc1c(Br)cc(/C=N\NC(=O)c2cc(C)oc2C)cc1OC. The third kappa shape index (κ3) is 4.17. The van der Waals surface area contributed by atoms with E-state index < -0.39 is 0 Å². The van der Waals surface area contributed by atoms with Crippen LogP contribution in [-0.2, 0) is 0 Å². The summed E-state index contributed by atoms with van der Waals surface area (Å²) in [7, 11) is 1.57. The number of carbonyl (C=O) groups excluding carboxylic acids is 1. The van der Waals surface area contributed by atoms with Crippen LogP contribution < -0.4 is 14.9 Å². The quantitative estimate of drug-likeness (QED) is 0.596. The first-order chi connectivity index (χ1) is 11.5. The van der Waals surface area contributed by atoms with Gasteiger partial charge in [0.1, 0.15) is 11.5 Å². The Morgan fingerprint density at radius 2 is 2.12 bits per heavy atom. The van der Waals surface area contributed by atoms with Gasteiger partial charge in [0.05, 0.1) is 30.0 Å². The van der Waals surface area contributed by atoms with E-state index in [0.717, 1.165) is 10.0 Å². The summed E-state index contributed by atoms with van der Waals surface area (Å²) in [5.41, 5.74) is 3.70. The fraction of sp³-hybridized carbons (Fsp3) is 0.294. The van der Waals surface area contributed by atoms with Crippen LogP contribution in [0.1, 0.15) is 34.4 Å². The number of aryl methyl sites for hydroxylation is 2. The first kappa shape index (κ1) is 18.1. The van der Waals surface area contributed by atoms with E-state index in [0.29, 0.717) is 35.2 Å². The van der Waals surface area contributed by atoms with E-state index in [9.17, 15) is 4.79 Å². The number of ether oxygens (including phenoxy) is 2. The summed E-state index contributed by atoms with van der Waals surface area (Å²) in [6, 6.07) is 5.28. The molecule has 0 aliphatic rings. The molecule has 0 saturated carbocycles. The van der Waals surface area contributed by atoms with Crippen LogP contribution in [0.5, 0.6) is 11.5 Å². The minimum Gasteiger partial charge on any atom is -0.493 e. The molecule has 1 amide bonds. The van der Waals surface area contributed by atoms with Crippen LogP contribution >= 0.6 is 15.9 Å². The van der Waals surface area contributed by atoms with Crippen molar-refractivity contribution in [3.63, 3.8) is 0 Å². The maximum atomic E-state index is 12.1. The second-order valence-corrected chi connectivity index (χ2v) is 5.85. The molecule has 0 bridgehead atoms. The minimum atomic E-state index is -0.322. The molecule has 0 fully saturated rings. The topological polar surface area (TPSA) is 73.1 Å². The molecule has 2 aromatic rings. The second kappa shape index (κ2) is 8.01. The molecule has 0 radical (unpaired) electrons. The van der Waals surface area contributed by atoms with Gasteiger partial charge in [-0.3, -0.25) is 4.79 Å². The maximum Gasteiger partial charge on any atom is 0.274 e. The number of hydrogen-bond acceptors (Lipinski definition) is 5. The van der Waals surface area contributed by atoms with E-state index in [1.165, 1.54) is 6.21 Å². The van der Waals surface area contributed by atoms with Crippen molar-refractivity contribution in [2.75, 3.05) is 13.7 Å². The molecule has 0 spiro atoms. The average molecular weight is 395 g/mol. The zero-order chi connectivity index (χ0) is 17.7. The summed E-state index contributed by atoms with van der Waals surface area (Å²) in [6.45, 7) is 5.95. The first-order valence-electron chi connectivity index (χ1n) is 7.37. The molecule has 0 saturated heterocycles. The van der Waals surface area contributed by atoms with Gasteiger partial charge in [0, 0.05) is 0 Å². The van der Waals surface area contributed by atoms with E-state index in [-0.39, 0.29) is 5.91 Å². The highest BCUT2D eigenvalue weighted by Gasteiger charge is 2.13. The molecule has 7 heteroatoms. The Bertz CT molecular complexity index is 768. The second-order valence-electron chi connectivity index (χ2n) is 4.99. The van der Waals surface area contributed by atoms with E-state index in [1.54, 1.807) is 33.1 Å². The van der Waals surface area contributed by atoms with Crippen molar-refractivity contribution >= 4 is 28.1 Å². The number of methoxy groups -OCH3 is 1. The summed E-state index contributed by atoms with van der Waals surface area (Å²) >= 11 is 3.44. The van der Waals surface area contributed by atoms with Crippen molar-refractivity contribution in [2.45, 2.75) is 20.8 Å². The van der Waals surface area contributed by atoms with Gasteiger partial charge in [-0.05, 0) is 60.5 Å². The van der Waals surface area contributed by atoms with E-state index >= 15 is 0 Å². The van der Waals surface area contributed by atoms with E-state index in [2.05, 4.69) is 26.5 Å². The number of benzene rings is 1. The van der Waals surface area contributed by atoms with Gasteiger partial charge in [0.2, 0.25) is 0 Å². The molecule has 0 atom stereocenters. The van der Waals surface area contributed by atoms with Crippen LogP contribution in [0.25, 0.3) is 0 Å². The number of hydrogen-bond donors (Lipinski definition) is 1. The van der Waals surface area contributed by atoms with Crippen molar-refractivity contribution in [2.24, 2.45) is 5.10 Å². The van der Waals surface area contributed by atoms with E-state index in [1.807, 2.05) is 13.0 Å². The normalized spacial score (nSPS) is 10.9. The predicted molar refractivity (Wildman–Crippen MR) is 95.1 cm³/mol. The van der Waals surface area contributed by atoms with Gasteiger partial charge in [-0.25, -0.2) is 5.43 Å². The van der Waals surface area contributed by atoms with Crippen molar-refractivity contribution in [1.29, 1.82) is 0 Å². The molecule has 0 aliphatic carbocycles. The van der Waals surface area contributed by atoms with Crippen LogP contribution in [0.15, 0.2) is 32.2 Å². The number of nitrogens with one attached hydrogen (secondary N) is 1. The van der Waals surface area contributed by atoms with Crippen molar-refractivity contribution < 1.29 is 18.7 Å². The standard InChI is InChI=1S/C17H19BrN2O4/c1-5-23-16-14(18)7-12(8-15(16)22-4)9-19-20-17(21)13-6-10(2)24-11(13)3/h6-9H,5H2,1-4H3,(H,20,21)/b19-9-. The van der Waals surface area contributed by atoms with Crippen LogP contribution in [0, 0.1) is 13.8 Å². The van der Waals surface area contributed by atoms with Gasteiger partial charge >= 0.3 is 0 Å². The van der Waals surface area contributed by atoms with Gasteiger partial charge in [-0.15, -0.1) is 0 Å². The smallest absolute Gasteiger partial charge is 0.274 e. The first-order valence-corrected chi connectivity index (χ1v) is 8.16. The highest BCUT2D eigenvalue weighted by Crippen LogP contribution is 2.36. The Hall–Kier alpha value is -2.28. The number of halogens is 1. The molecular formula is C17H19BrN2O4. The van der Waals surface area contributed by atoms with Crippen molar-refractivity contribution in [1.82, 2.24) is 5.43 Å². The zero-order valence-electron chi connectivity index (χ0n) is 14.0. The Kier molecular flexibility index (Phi) is 6.03. The van der Waals surface area contributed by atoms with Crippen LogP contribution in [0.4, 0.5) is 0 Å². The van der Waals surface area contributed by atoms with Crippen molar-refractivity contribution in [3.8, 4) is 11.5 Å². The molecule has 1 aromatic carbocycles. The highest BCUT2D eigenvalue weighted by atomic mass is 79.9. The number of rotatable bonds is 6. The molecule has 2 rings (SSSR count). The third-order valence-electron chi connectivity index (χ3n) is 3.21. The molecule has 1 N–H and O–H groups in total. The summed E-state index contributed by atoms with van der Waals surface area (Å²) in [4.78, 5) is 12.1. The van der Waals surface area contributed by atoms with Crippen molar-refractivity contribution in [3.05, 3.63) is 45.3 Å². The average Bonchev–Trinajstić information content (AvgIpc) is 2.88. The molecule has 24 heavy (non-hydrogen) atoms. The van der Waals surface area contributed by atoms with Gasteiger partial charge < -0.3 is 13.9 Å². The number of carbonyl (C=O) groups is 1. The lowest BCUT2D eigenvalue weighted by atomic mass is 10.2. The Morgan fingerprint density at radius 1 is 1.38 bits per heavy atom. The number of amides is 1. The van der Waals surface area contributed by atoms with Gasteiger partial charge in [0.15, 0.2) is 11.5 Å². The highest BCUT2D eigenvalue weighted by molar-refractivity contribution is 9.10. The molecule has 0 aliphatic heterocycles. The lowest BCUT2D eigenvalue weighted by Gasteiger charge is -2.11. The fourth-order valence-electron chi connectivity index (χ4n) is 2.18. The summed E-state index contributed by atoms with van der Waals surface area (Å²) in [6.07, 6.45) is 1.53. The number of nitrogens with zero attached hydrogens (tertiary/aromatic N) is 1. The van der Waals surface area contributed by atoms with Gasteiger partial charge in [-0.1, -0.05) is 0 Å². The number of hydrazone groups is 1. The number of furan rings is 1. The van der Waals surface area contributed by atoms with Gasteiger partial charge in [-0.2, -0.15) is 5.10 Å². The van der Waals surface area contributed by atoms with Crippen LogP contribution in [-0.4, -0.2) is 25.8 Å². The van der Waals surface area contributed by atoms with E-state index in [4.69, 9.17) is 13.9 Å². The molecule has 0 unspecified atom stereocenters. The molecule has 6 nitrogen and oxygen atoms in total. The van der Waals surface area contributed by atoms with Crippen LogP contribution in [0.2, 0.25) is 0 Å². The largest absolute Gasteiger partial charge is 0.493 e. The lowest BCUT2D eigenvalue weighted by molar-refractivity contribution is 0.0953. The molecule has 128 valence electrons. The monoisotopic (exact) mass is 394 g/mol. The summed E-state index contributed by atoms with van der Waals surface area (Å²) in [5.74, 6) is 2.14. The Balaban J connectivity index is 2.13. The molecule has 1 aromatic heterocycles. The molecular weight excluding hydrogens is 376 g/mol. The summed E-state index contributed by atoms with van der Waals surface area (Å²) < 4.78 is 16.9.